The Morgan fingerprint density at radius 2 is 1.89 bits per heavy atom. The summed E-state index contributed by atoms with van der Waals surface area (Å²) >= 11 is 4.81. The number of ether oxygens (including phenoxy) is 1. The minimum atomic E-state index is 0.148. The van der Waals surface area contributed by atoms with Crippen molar-refractivity contribution in [2.24, 2.45) is 5.73 Å². The van der Waals surface area contributed by atoms with E-state index in [0.717, 1.165) is 32.6 Å². The van der Waals surface area contributed by atoms with Gasteiger partial charge in [-0.15, -0.1) is 0 Å². The lowest BCUT2D eigenvalue weighted by atomic mass is 10.1. The highest BCUT2D eigenvalue weighted by Gasteiger charge is 2.19. The molecule has 110 valence electrons. The molecule has 1 saturated heterocycles. The molecule has 5 nitrogen and oxygen atoms in total. The van der Waals surface area contributed by atoms with E-state index >= 15 is 0 Å². The summed E-state index contributed by atoms with van der Waals surface area (Å²) in [6.07, 6.45) is 3.25. The maximum Gasteiger partial charge on any atom is 0.223 e. The molecule has 0 aromatic heterocycles. The van der Waals surface area contributed by atoms with Crippen LogP contribution >= 0.6 is 12.2 Å². The number of nitrogens with zero attached hydrogens (tertiary/aromatic N) is 2. The van der Waals surface area contributed by atoms with Gasteiger partial charge in [-0.1, -0.05) is 12.2 Å². The molecule has 1 aliphatic heterocycles. The summed E-state index contributed by atoms with van der Waals surface area (Å²) in [6.45, 7) is 3.06. The minimum absolute atomic E-state index is 0.148. The average molecular weight is 287 g/mol. The van der Waals surface area contributed by atoms with E-state index in [1.165, 1.54) is 0 Å². The predicted molar refractivity (Wildman–Crippen MR) is 80.1 cm³/mol. The number of nitrogens with two attached hydrogens (primary N) is 1. The van der Waals surface area contributed by atoms with Crippen molar-refractivity contribution < 1.29 is 9.53 Å². The van der Waals surface area contributed by atoms with Gasteiger partial charge in [-0.25, -0.2) is 0 Å². The molecule has 1 heterocycles. The van der Waals surface area contributed by atoms with Crippen LogP contribution in [0.25, 0.3) is 0 Å². The number of amides is 1. The lowest BCUT2D eigenvalue weighted by Gasteiger charge is -2.31. The average Bonchev–Trinajstić information content (AvgIpc) is 2.42. The van der Waals surface area contributed by atoms with Crippen molar-refractivity contribution in [3.63, 3.8) is 0 Å². The van der Waals surface area contributed by atoms with Crippen molar-refractivity contribution in [1.82, 2.24) is 9.80 Å². The zero-order valence-corrected chi connectivity index (χ0v) is 12.7. The number of carbonyl (C=O) groups excluding carboxylic acids is 1. The second-order valence-electron chi connectivity index (χ2n) is 5.11. The first kappa shape index (κ1) is 16.3. The molecule has 0 aliphatic carbocycles. The van der Waals surface area contributed by atoms with Crippen molar-refractivity contribution in [2.45, 2.75) is 31.7 Å². The molecule has 0 unspecified atom stereocenters. The molecule has 6 heteroatoms. The summed E-state index contributed by atoms with van der Waals surface area (Å²) in [7, 11) is 3.88. The Balaban J connectivity index is 2.22. The topological polar surface area (TPSA) is 58.8 Å². The van der Waals surface area contributed by atoms with E-state index in [2.05, 4.69) is 11.9 Å². The van der Waals surface area contributed by atoms with E-state index in [9.17, 15) is 4.79 Å². The number of rotatable bonds is 7. The molecule has 0 bridgehead atoms. The Morgan fingerprint density at radius 1 is 1.26 bits per heavy atom. The molecule has 0 atom stereocenters. The van der Waals surface area contributed by atoms with Gasteiger partial charge in [-0.3, -0.25) is 4.79 Å². The van der Waals surface area contributed by atoms with Crippen LogP contribution in [0.4, 0.5) is 0 Å². The first-order valence-electron chi connectivity index (χ1n) is 6.81. The van der Waals surface area contributed by atoms with Gasteiger partial charge in [0, 0.05) is 52.2 Å². The fourth-order valence-electron chi connectivity index (χ4n) is 2.17. The van der Waals surface area contributed by atoms with Crippen molar-refractivity contribution >= 4 is 23.1 Å². The van der Waals surface area contributed by atoms with Crippen LogP contribution in [0.5, 0.6) is 0 Å². The normalized spacial score (nSPS) is 16.6. The lowest BCUT2D eigenvalue weighted by molar-refractivity contribution is -0.130. The summed E-state index contributed by atoms with van der Waals surface area (Å²) in [4.78, 5) is 16.4. The molecule has 1 rings (SSSR count). The van der Waals surface area contributed by atoms with Crippen LogP contribution in [0.15, 0.2) is 0 Å². The summed E-state index contributed by atoms with van der Waals surface area (Å²) in [5.74, 6) is 0.148. The third-order valence-corrected chi connectivity index (χ3v) is 3.82. The number of carbonyl (C=O) groups is 1. The van der Waals surface area contributed by atoms with Gasteiger partial charge in [0.2, 0.25) is 5.91 Å². The highest BCUT2D eigenvalue weighted by molar-refractivity contribution is 7.80. The van der Waals surface area contributed by atoms with Crippen LogP contribution in [-0.2, 0) is 9.53 Å². The molecule has 0 aromatic rings. The number of hydrogen-bond acceptors (Lipinski definition) is 4. The SMILES string of the molecule is CN(CCC(N)=S)C(=O)CCN(C)C1CCOCC1. The Morgan fingerprint density at radius 3 is 2.47 bits per heavy atom. The third kappa shape index (κ3) is 6.31. The largest absolute Gasteiger partial charge is 0.393 e. The Labute approximate surface area is 121 Å². The van der Waals surface area contributed by atoms with Crippen LogP contribution in [0.3, 0.4) is 0 Å². The summed E-state index contributed by atoms with van der Waals surface area (Å²) in [5, 5.41) is 0. The Kier molecular flexibility index (Phi) is 7.27. The molecule has 1 fully saturated rings. The quantitative estimate of drug-likeness (QED) is 0.696. The van der Waals surface area contributed by atoms with Crippen molar-refractivity contribution in [3.8, 4) is 0 Å². The predicted octanol–water partition coefficient (Wildman–Crippen LogP) is 0.622. The Hall–Kier alpha value is -0.720. The van der Waals surface area contributed by atoms with Gasteiger partial charge in [-0.2, -0.15) is 0 Å². The van der Waals surface area contributed by atoms with Gasteiger partial charge in [0.1, 0.15) is 0 Å². The van der Waals surface area contributed by atoms with Gasteiger partial charge in [0.15, 0.2) is 0 Å². The van der Waals surface area contributed by atoms with Crippen molar-refractivity contribution in [2.75, 3.05) is 40.4 Å². The molecule has 0 saturated carbocycles. The van der Waals surface area contributed by atoms with Gasteiger partial charge in [0.25, 0.3) is 0 Å². The molecular weight excluding hydrogens is 262 g/mol. The highest BCUT2D eigenvalue weighted by atomic mass is 32.1. The first-order valence-corrected chi connectivity index (χ1v) is 7.21. The standard InChI is InChI=1S/C13H25N3O2S/c1-15(11-5-9-18-10-6-11)8-4-13(17)16(2)7-3-12(14)19/h11H,3-10H2,1-2H3,(H2,14,19). The smallest absolute Gasteiger partial charge is 0.223 e. The number of thiocarbonyl (C=S) groups is 1. The molecule has 0 aromatic carbocycles. The van der Waals surface area contributed by atoms with Crippen LogP contribution in [0.2, 0.25) is 0 Å². The molecule has 0 radical (unpaired) electrons. The fourth-order valence-corrected chi connectivity index (χ4v) is 2.27. The molecule has 0 spiro atoms. The van der Waals surface area contributed by atoms with Gasteiger partial charge < -0.3 is 20.3 Å². The van der Waals surface area contributed by atoms with Crippen LogP contribution in [0.1, 0.15) is 25.7 Å². The maximum absolute atomic E-state index is 11.9. The third-order valence-electron chi connectivity index (χ3n) is 3.61. The molecular formula is C13H25N3O2S. The monoisotopic (exact) mass is 287 g/mol. The molecule has 19 heavy (non-hydrogen) atoms. The molecule has 1 aliphatic rings. The zero-order valence-electron chi connectivity index (χ0n) is 11.9. The van der Waals surface area contributed by atoms with E-state index < -0.39 is 0 Å². The van der Waals surface area contributed by atoms with E-state index in [4.69, 9.17) is 22.7 Å². The van der Waals surface area contributed by atoms with Gasteiger partial charge in [0.05, 0.1) is 4.99 Å². The first-order chi connectivity index (χ1) is 9.00. The van der Waals surface area contributed by atoms with E-state index in [0.29, 0.717) is 30.4 Å². The summed E-state index contributed by atoms with van der Waals surface area (Å²) in [5.41, 5.74) is 5.43. The molecule has 1 amide bonds. The fraction of sp³-hybridized carbons (Fsp3) is 0.846. The zero-order chi connectivity index (χ0) is 14.3. The second-order valence-corrected chi connectivity index (χ2v) is 5.63. The second kappa shape index (κ2) is 8.45. The van der Waals surface area contributed by atoms with Crippen LogP contribution in [-0.4, -0.2) is 67.1 Å². The summed E-state index contributed by atoms with van der Waals surface area (Å²) < 4.78 is 5.34. The molecule has 2 N–H and O–H groups in total. The van der Waals surface area contributed by atoms with Gasteiger partial charge in [-0.05, 0) is 19.9 Å². The van der Waals surface area contributed by atoms with E-state index in [1.54, 1.807) is 11.9 Å². The van der Waals surface area contributed by atoms with Crippen LogP contribution < -0.4 is 5.73 Å². The lowest BCUT2D eigenvalue weighted by Crippen LogP contribution is -2.39. The van der Waals surface area contributed by atoms with E-state index in [-0.39, 0.29) is 5.91 Å². The van der Waals surface area contributed by atoms with E-state index in [1.807, 2.05) is 0 Å². The van der Waals surface area contributed by atoms with Gasteiger partial charge >= 0.3 is 0 Å². The minimum Gasteiger partial charge on any atom is -0.393 e. The summed E-state index contributed by atoms with van der Waals surface area (Å²) in [6, 6.07) is 0.545. The Bertz CT molecular complexity index is 306. The highest BCUT2D eigenvalue weighted by Crippen LogP contribution is 2.13. The van der Waals surface area contributed by atoms with Crippen LogP contribution in [0, 0.1) is 0 Å². The number of hydrogen-bond donors (Lipinski definition) is 1. The maximum atomic E-state index is 11.9. The van der Waals surface area contributed by atoms with Crippen molar-refractivity contribution in [3.05, 3.63) is 0 Å². The van der Waals surface area contributed by atoms with Crippen molar-refractivity contribution in [1.29, 1.82) is 0 Å².